The van der Waals surface area contributed by atoms with Crippen molar-refractivity contribution in [2.24, 2.45) is 0 Å². The van der Waals surface area contributed by atoms with E-state index in [1.54, 1.807) is 0 Å². The van der Waals surface area contributed by atoms with Crippen molar-refractivity contribution in [3.63, 3.8) is 0 Å². The van der Waals surface area contributed by atoms with Gasteiger partial charge in [0.15, 0.2) is 0 Å². The minimum atomic E-state index is -2.71. The smallest absolute Gasteiger partial charge is 0.325 e. The van der Waals surface area contributed by atoms with Crippen LogP contribution in [0.3, 0.4) is 0 Å². The molecule has 0 saturated carbocycles. The van der Waals surface area contributed by atoms with E-state index in [0.717, 1.165) is 0 Å². The van der Waals surface area contributed by atoms with Crippen LogP contribution in [-0.2, 0) is 14.4 Å². The molecule has 3 aromatic carbocycles. The maximum absolute atomic E-state index is 13.9. The van der Waals surface area contributed by atoms with E-state index in [0.29, 0.717) is 0 Å². The monoisotopic (exact) mass is 689 g/mol. The highest BCUT2D eigenvalue weighted by atomic mass is 19.2. The number of halogens is 15. The topological polar surface area (TPSA) is 82.1 Å². The van der Waals surface area contributed by atoms with Crippen LogP contribution in [0.25, 0.3) is 0 Å². The summed E-state index contributed by atoms with van der Waals surface area (Å²) in [6.45, 7) is -5.34. The lowest BCUT2D eigenvalue weighted by Gasteiger charge is -2.20. The average Bonchev–Trinajstić information content (AvgIpc) is 3.01. The quantitative estimate of drug-likeness (QED) is 0.101. The third-order valence-electron chi connectivity index (χ3n) is 5.21. The second-order valence-corrected chi connectivity index (χ2v) is 8.26. The Bertz CT molecular complexity index is 1490. The Morgan fingerprint density at radius 2 is 0.478 bits per heavy atom. The summed E-state index contributed by atoms with van der Waals surface area (Å²) >= 11 is 0. The third-order valence-corrected chi connectivity index (χ3v) is 5.21. The van der Waals surface area contributed by atoms with Crippen LogP contribution < -0.4 is 14.2 Å². The first-order valence-electron chi connectivity index (χ1n) is 11.2. The molecule has 22 heteroatoms. The Labute approximate surface area is 242 Å². The molecule has 46 heavy (non-hydrogen) atoms. The predicted molar refractivity (Wildman–Crippen MR) is 112 cm³/mol. The fourth-order valence-corrected chi connectivity index (χ4v) is 3.18. The first kappa shape index (κ1) is 35.5. The van der Waals surface area contributed by atoms with E-state index in [9.17, 15) is 80.2 Å². The zero-order valence-corrected chi connectivity index (χ0v) is 21.2. The molecule has 0 atom stereocenters. The molecule has 0 aliphatic heterocycles. The summed E-state index contributed by atoms with van der Waals surface area (Å²) in [6, 6.07) is 0. The first-order valence-corrected chi connectivity index (χ1v) is 11.2. The number of carbonyl (C=O) groups excluding carboxylic acids is 3. The number of hydrogen-bond donors (Lipinski definition) is 0. The van der Waals surface area contributed by atoms with Crippen LogP contribution in [0.15, 0.2) is 0 Å². The summed E-state index contributed by atoms with van der Waals surface area (Å²) in [5.41, 5.74) is 0. The second-order valence-electron chi connectivity index (χ2n) is 8.26. The number of carbonyl (C=O) groups is 3. The maximum atomic E-state index is 13.9. The Hall–Kier alpha value is -5.02. The minimum absolute atomic E-state index is 0.100. The van der Waals surface area contributed by atoms with Crippen molar-refractivity contribution in [1.29, 1.82) is 0 Å². The zero-order chi connectivity index (χ0) is 34.9. The van der Waals surface area contributed by atoms with E-state index in [1.165, 1.54) is 0 Å². The van der Waals surface area contributed by atoms with Crippen LogP contribution in [0.4, 0.5) is 65.9 Å². The number of hydrogen-bond acceptors (Lipinski definition) is 7. The molecule has 3 rings (SSSR count). The van der Waals surface area contributed by atoms with Crippen LogP contribution in [0.5, 0.6) is 17.2 Å². The van der Waals surface area contributed by atoms with Gasteiger partial charge in [0.1, 0.15) is 0 Å². The number of ether oxygens (including phenoxy) is 3. The van der Waals surface area contributed by atoms with Gasteiger partial charge in [0, 0.05) is 0 Å². The lowest BCUT2D eigenvalue weighted by Crippen LogP contribution is -2.42. The van der Waals surface area contributed by atoms with E-state index >= 15 is 0 Å². The van der Waals surface area contributed by atoms with Gasteiger partial charge in [-0.05, 0) is 0 Å². The Morgan fingerprint density at radius 1 is 0.326 bits per heavy atom. The number of nitrogens with zero attached hydrogens (tertiary/aromatic N) is 1. The minimum Gasteiger partial charge on any atom is -0.419 e. The molecule has 0 unspecified atom stereocenters. The molecule has 7 nitrogen and oxygen atoms in total. The molecule has 0 N–H and O–H groups in total. The van der Waals surface area contributed by atoms with Crippen LogP contribution in [0.1, 0.15) is 0 Å². The van der Waals surface area contributed by atoms with Gasteiger partial charge in [-0.15, -0.1) is 0 Å². The molecule has 248 valence electrons. The molecule has 0 aliphatic carbocycles. The normalized spacial score (nSPS) is 11.2. The standard InChI is InChI=1S/C24H6F15NO6/c25-7-10(28)16(34)22(17(35)11(7)29)44-4(41)1-40(2-5(42)45-23-18(36)12(30)8(26)13(31)19(23)37)3-6(43)46-24-20(38)14(32)9(27)15(33)21(24)39/h1-3H2. The number of rotatable bonds is 9. The summed E-state index contributed by atoms with van der Waals surface area (Å²) in [6.07, 6.45) is 0. The van der Waals surface area contributed by atoms with Crippen LogP contribution in [0.2, 0.25) is 0 Å². The van der Waals surface area contributed by atoms with Gasteiger partial charge in [0.2, 0.25) is 105 Å². The van der Waals surface area contributed by atoms with E-state index in [1.807, 2.05) is 0 Å². The average molecular weight is 689 g/mol. The van der Waals surface area contributed by atoms with Crippen molar-refractivity contribution in [1.82, 2.24) is 4.90 Å². The van der Waals surface area contributed by atoms with Crippen LogP contribution >= 0.6 is 0 Å². The van der Waals surface area contributed by atoms with Crippen molar-refractivity contribution in [2.75, 3.05) is 19.6 Å². The first-order chi connectivity index (χ1) is 21.3. The number of benzene rings is 3. The van der Waals surface area contributed by atoms with Crippen molar-refractivity contribution in [3.8, 4) is 17.2 Å². The summed E-state index contributed by atoms with van der Waals surface area (Å²) in [7, 11) is 0. The zero-order valence-electron chi connectivity index (χ0n) is 21.2. The summed E-state index contributed by atoms with van der Waals surface area (Å²) in [5.74, 6) is -53.5. The van der Waals surface area contributed by atoms with Gasteiger partial charge < -0.3 is 14.2 Å². The highest BCUT2D eigenvalue weighted by Gasteiger charge is 2.33. The molecule has 3 aromatic rings. The van der Waals surface area contributed by atoms with Gasteiger partial charge >= 0.3 is 17.9 Å². The third kappa shape index (κ3) is 6.79. The maximum Gasteiger partial charge on any atom is 0.325 e. The Kier molecular flexibility index (Phi) is 10.4. The summed E-state index contributed by atoms with van der Waals surface area (Å²) < 4.78 is 215. The molecule has 0 saturated heterocycles. The molecule has 0 aliphatic rings. The van der Waals surface area contributed by atoms with Gasteiger partial charge in [0.05, 0.1) is 19.6 Å². The molecular formula is C24H6F15NO6. The summed E-state index contributed by atoms with van der Waals surface area (Å²) in [4.78, 5) is 36.6. The fourth-order valence-electron chi connectivity index (χ4n) is 3.18. The van der Waals surface area contributed by atoms with E-state index in [4.69, 9.17) is 0 Å². The van der Waals surface area contributed by atoms with Crippen molar-refractivity contribution < 1.29 is 94.5 Å². The number of esters is 3. The van der Waals surface area contributed by atoms with Crippen LogP contribution in [0, 0.1) is 87.3 Å². The van der Waals surface area contributed by atoms with E-state index in [2.05, 4.69) is 14.2 Å². The van der Waals surface area contributed by atoms with Gasteiger partial charge in [-0.3, -0.25) is 19.3 Å². The fraction of sp³-hybridized carbons (Fsp3) is 0.125. The van der Waals surface area contributed by atoms with Gasteiger partial charge in [-0.2, -0.15) is 26.3 Å². The molecule has 0 fully saturated rings. The largest absolute Gasteiger partial charge is 0.419 e. The highest BCUT2D eigenvalue weighted by molar-refractivity contribution is 5.81. The van der Waals surface area contributed by atoms with Gasteiger partial charge in [-0.25, -0.2) is 39.5 Å². The SMILES string of the molecule is O=C(CN(CC(=O)Oc1c(F)c(F)c(F)c(F)c1F)CC(=O)Oc1c(F)c(F)c(F)c(F)c1F)Oc1c(F)c(F)c(F)c(F)c1F. The predicted octanol–water partition coefficient (Wildman–Crippen LogP) is 5.19. The van der Waals surface area contributed by atoms with Gasteiger partial charge in [0.25, 0.3) is 0 Å². The Morgan fingerprint density at radius 3 is 0.652 bits per heavy atom. The lowest BCUT2D eigenvalue weighted by atomic mass is 10.2. The van der Waals surface area contributed by atoms with Crippen molar-refractivity contribution in [2.45, 2.75) is 0 Å². The van der Waals surface area contributed by atoms with Crippen molar-refractivity contribution >= 4 is 17.9 Å². The molecule has 0 spiro atoms. The second kappa shape index (κ2) is 13.5. The molecule has 0 bridgehead atoms. The molecule has 0 aromatic heterocycles. The lowest BCUT2D eigenvalue weighted by molar-refractivity contribution is -0.142. The summed E-state index contributed by atoms with van der Waals surface area (Å²) in [5, 5.41) is 0. The van der Waals surface area contributed by atoms with Gasteiger partial charge in [-0.1, -0.05) is 0 Å². The molecule has 0 radical (unpaired) electrons. The van der Waals surface area contributed by atoms with E-state index < -0.39 is 142 Å². The Balaban J connectivity index is 1.92. The molecular weight excluding hydrogens is 683 g/mol. The van der Waals surface area contributed by atoms with Crippen LogP contribution in [-0.4, -0.2) is 42.4 Å². The molecule has 0 heterocycles. The molecule has 0 amide bonds. The van der Waals surface area contributed by atoms with Crippen molar-refractivity contribution in [3.05, 3.63) is 87.3 Å². The van der Waals surface area contributed by atoms with E-state index in [-0.39, 0.29) is 4.90 Å². The highest BCUT2D eigenvalue weighted by Crippen LogP contribution is 2.32.